The summed E-state index contributed by atoms with van der Waals surface area (Å²) in [6, 6.07) is 7.01. The molecule has 26 heavy (non-hydrogen) atoms. The van der Waals surface area contributed by atoms with E-state index in [1.54, 1.807) is 0 Å². The number of nitrogens with zero attached hydrogens (tertiary/aromatic N) is 1. The SMILES string of the molecule is COC(=O)c1ccc(Cl)c(S(=O)(=O)Nc2cc([N+](=O)[O-])ccc2OC)c1. The summed E-state index contributed by atoms with van der Waals surface area (Å²) in [7, 11) is -1.84. The average molecular weight is 401 g/mol. The summed E-state index contributed by atoms with van der Waals surface area (Å²) in [4.78, 5) is 21.4. The Labute approximate surface area is 153 Å². The van der Waals surface area contributed by atoms with Gasteiger partial charge in [-0.2, -0.15) is 0 Å². The third-order valence-corrected chi connectivity index (χ3v) is 5.13. The topological polar surface area (TPSA) is 125 Å². The van der Waals surface area contributed by atoms with E-state index in [2.05, 4.69) is 9.46 Å². The van der Waals surface area contributed by atoms with Crippen LogP contribution in [0, 0.1) is 10.1 Å². The summed E-state index contributed by atoms with van der Waals surface area (Å²) in [6.45, 7) is 0. The number of nitro groups is 1. The average Bonchev–Trinajstić information content (AvgIpc) is 2.60. The Hall–Kier alpha value is -2.85. The number of non-ortho nitro benzene ring substituents is 1. The number of hydrogen-bond acceptors (Lipinski definition) is 7. The van der Waals surface area contributed by atoms with E-state index in [9.17, 15) is 23.3 Å². The summed E-state index contributed by atoms with van der Waals surface area (Å²) in [6.07, 6.45) is 0. The van der Waals surface area contributed by atoms with E-state index in [1.165, 1.54) is 31.4 Å². The number of carbonyl (C=O) groups is 1. The quantitative estimate of drug-likeness (QED) is 0.449. The smallest absolute Gasteiger partial charge is 0.337 e. The van der Waals surface area contributed by atoms with Crippen molar-refractivity contribution in [3.63, 3.8) is 0 Å². The summed E-state index contributed by atoms with van der Waals surface area (Å²) < 4.78 is 37.1. The lowest BCUT2D eigenvalue weighted by molar-refractivity contribution is -0.384. The molecule has 2 rings (SSSR count). The molecule has 0 atom stereocenters. The molecule has 0 aliphatic carbocycles. The van der Waals surface area contributed by atoms with Crippen molar-refractivity contribution < 1.29 is 27.6 Å². The molecule has 0 saturated carbocycles. The normalized spacial score (nSPS) is 10.9. The van der Waals surface area contributed by atoms with Crippen molar-refractivity contribution in [2.45, 2.75) is 4.90 Å². The zero-order valence-electron chi connectivity index (χ0n) is 13.6. The number of esters is 1. The Morgan fingerprint density at radius 1 is 1.19 bits per heavy atom. The number of sulfonamides is 1. The molecule has 1 N–H and O–H groups in total. The van der Waals surface area contributed by atoms with Crippen LogP contribution in [0.2, 0.25) is 5.02 Å². The molecule has 138 valence electrons. The highest BCUT2D eigenvalue weighted by Gasteiger charge is 2.23. The van der Waals surface area contributed by atoms with Crippen LogP contribution in [0.3, 0.4) is 0 Å². The van der Waals surface area contributed by atoms with Gasteiger partial charge in [-0.3, -0.25) is 14.8 Å². The molecule has 9 nitrogen and oxygen atoms in total. The first-order chi connectivity index (χ1) is 12.2. The molecular formula is C15H13ClN2O7S. The minimum Gasteiger partial charge on any atom is -0.495 e. The fraction of sp³-hybridized carbons (Fsp3) is 0.133. The van der Waals surface area contributed by atoms with E-state index >= 15 is 0 Å². The van der Waals surface area contributed by atoms with Gasteiger partial charge in [0.2, 0.25) is 0 Å². The van der Waals surface area contributed by atoms with Crippen molar-refractivity contribution in [3.05, 3.63) is 57.1 Å². The first-order valence-corrected chi connectivity index (χ1v) is 8.79. The molecule has 0 spiro atoms. The van der Waals surface area contributed by atoms with Crippen LogP contribution in [-0.4, -0.2) is 33.5 Å². The Kier molecular flexibility index (Phi) is 5.68. The second-order valence-corrected chi connectivity index (χ2v) is 6.94. The molecule has 11 heteroatoms. The largest absolute Gasteiger partial charge is 0.495 e. The molecule has 0 bridgehead atoms. The summed E-state index contributed by atoms with van der Waals surface area (Å²) in [5.74, 6) is -0.675. The van der Waals surface area contributed by atoms with Crippen molar-refractivity contribution in [1.29, 1.82) is 0 Å². The van der Waals surface area contributed by atoms with Gasteiger partial charge in [0.25, 0.3) is 15.7 Å². The van der Waals surface area contributed by atoms with Crippen molar-refractivity contribution in [2.75, 3.05) is 18.9 Å². The molecule has 0 unspecified atom stereocenters. The summed E-state index contributed by atoms with van der Waals surface area (Å²) in [5, 5.41) is 10.8. The monoisotopic (exact) mass is 400 g/mol. The van der Waals surface area contributed by atoms with Crippen LogP contribution in [0.15, 0.2) is 41.3 Å². The minimum atomic E-state index is -4.28. The van der Waals surface area contributed by atoms with Crippen LogP contribution in [0.25, 0.3) is 0 Å². The van der Waals surface area contributed by atoms with E-state index in [0.717, 1.165) is 19.2 Å². The van der Waals surface area contributed by atoms with Gasteiger partial charge in [0.05, 0.1) is 35.4 Å². The molecule has 0 saturated heterocycles. The third kappa shape index (κ3) is 4.03. The van der Waals surface area contributed by atoms with Crippen LogP contribution >= 0.6 is 11.6 Å². The van der Waals surface area contributed by atoms with E-state index in [0.29, 0.717) is 0 Å². The van der Waals surface area contributed by atoms with Crippen molar-refractivity contribution >= 4 is 39.0 Å². The highest BCUT2D eigenvalue weighted by Crippen LogP contribution is 2.32. The zero-order chi connectivity index (χ0) is 19.5. The van der Waals surface area contributed by atoms with Gasteiger partial charge in [0, 0.05) is 12.1 Å². The number of nitro benzene ring substituents is 1. The van der Waals surface area contributed by atoms with Crippen molar-refractivity contribution in [3.8, 4) is 5.75 Å². The van der Waals surface area contributed by atoms with Crippen LogP contribution in [0.1, 0.15) is 10.4 Å². The predicted molar refractivity (Wildman–Crippen MR) is 93.2 cm³/mol. The zero-order valence-corrected chi connectivity index (χ0v) is 15.1. The molecule has 0 radical (unpaired) electrons. The van der Waals surface area contributed by atoms with Gasteiger partial charge in [-0.15, -0.1) is 0 Å². The fourth-order valence-corrected chi connectivity index (χ4v) is 3.63. The Balaban J connectivity index is 2.51. The molecule has 0 fully saturated rings. The van der Waals surface area contributed by atoms with Crippen molar-refractivity contribution in [1.82, 2.24) is 0 Å². The van der Waals surface area contributed by atoms with Gasteiger partial charge < -0.3 is 9.47 Å². The highest BCUT2D eigenvalue weighted by atomic mass is 35.5. The molecule has 2 aromatic rings. The maximum absolute atomic E-state index is 12.7. The molecule has 0 heterocycles. The van der Waals surface area contributed by atoms with E-state index < -0.39 is 25.8 Å². The molecular weight excluding hydrogens is 388 g/mol. The number of ether oxygens (including phenoxy) is 2. The lowest BCUT2D eigenvalue weighted by Crippen LogP contribution is -2.15. The number of rotatable bonds is 6. The number of nitrogens with one attached hydrogen (secondary N) is 1. The lowest BCUT2D eigenvalue weighted by atomic mass is 10.2. The number of methoxy groups -OCH3 is 2. The Bertz CT molecular complexity index is 976. The van der Waals surface area contributed by atoms with E-state index in [-0.39, 0.29) is 27.7 Å². The molecule has 0 aliphatic heterocycles. The minimum absolute atomic E-state index is 0.0247. The third-order valence-electron chi connectivity index (χ3n) is 3.28. The van der Waals surface area contributed by atoms with Gasteiger partial charge in [0.1, 0.15) is 10.6 Å². The highest BCUT2D eigenvalue weighted by molar-refractivity contribution is 7.92. The number of benzene rings is 2. The number of halogens is 1. The van der Waals surface area contributed by atoms with E-state index in [4.69, 9.17) is 16.3 Å². The maximum Gasteiger partial charge on any atom is 0.337 e. The summed E-state index contributed by atoms with van der Waals surface area (Å²) in [5.41, 5.74) is -0.512. The standard InChI is InChI=1S/C15H13ClN2O7S/c1-24-13-6-4-10(18(20)21)8-12(13)17-26(22,23)14-7-9(15(19)25-2)3-5-11(14)16/h3-8,17H,1-2H3. The second-order valence-electron chi connectivity index (χ2n) is 4.88. The predicted octanol–water partition coefficient (Wildman–Crippen LogP) is 2.84. The number of hydrogen-bond donors (Lipinski definition) is 1. The van der Waals surface area contributed by atoms with Crippen LogP contribution in [-0.2, 0) is 14.8 Å². The number of carbonyl (C=O) groups excluding carboxylic acids is 1. The van der Waals surface area contributed by atoms with Crippen LogP contribution in [0.5, 0.6) is 5.75 Å². The van der Waals surface area contributed by atoms with Gasteiger partial charge >= 0.3 is 5.97 Å². The number of anilines is 1. The van der Waals surface area contributed by atoms with Gasteiger partial charge in [0.15, 0.2) is 0 Å². The van der Waals surface area contributed by atoms with Gasteiger partial charge in [-0.05, 0) is 24.3 Å². The Morgan fingerprint density at radius 2 is 1.88 bits per heavy atom. The van der Waals surface area contributed by atoms with Crippen molar-refractivity contribution in [2.24, 2.45) is 0 Å². The molecule has 2 aromatic carbocycles. The molecule has 0 aliphatic rings. The first-order valence-electron chi connectivity index (χ1n) is 6.92. The molecule has 0 amide bonds. The van der Waals surface area contributed by atoms with Crippen LogP contribution in [0.4, 0.5) is 11.4 Å². The molecule has 0 aromatic heterocycles. The van der Waals surface area contributed by atoms with Gasteiger partial charge in [-0.25, -0.2) is 13.2 Å². The van der Waals surface area contributed by atoms with Crippen LogP contribution < -0.4 is 9.46 Å². The second kappa shape index (κ2) is 7.58. The van der Waals surface area contributed by atoms with Gasteiger partial charge in [-0.1, -0.05) is 11.6 Å². The lowest BCUT2D eigenvalue weighted by Gasteiger charge is -2.13. The first kappa shape index (κ1) is 19.5. The maximum atomic E-state index is 12.7. The summed E-state index contributed by atoms with van der Waals surface area (Å²) >= 11 is 5.94. The Morgan fingerprint density at radius 3 is 2.46 bits per heavy atom. The fourth-order valence-electron chi connectivity index (χ4n) is 2.04. The van der Waals surface area contributed by atoms with E-state index in [1.807, 2.05) is 0 Å².